The van der Waals surface area contributed by atoms with Crippen LogP contribution in [0.25, 0.3) is 50.0 Å². The van der Waals surface area contributed by atoms with E-state index >= 15 is 0 Å². The van der Waals surface area contributed by atoms with Crippen LogP contribution in [-0.2, 0) is 41.0 Å². The number of aromatic nitrogens is 5. The summed E-state index contributed by atoms with van der Waals surface area (Å²) in [5.74, 6) is 2.31. The fourth-order valence-electron chi connectivity index (χ4n) is 9.28. The molecule has 0 atom stereocenters. The summed E-state index contributed by atoms with van der Waals surface area (Å²) >= 11 is 2.44. The van der Waals surface area contributed by atoms with Crippen LogP contribution >= 0.6 is 0 Å². The molecule has 0 spiro atoms. The Hall–Kier alpha value is -5.06. The first kappa shape index (κ1) is 39.4. The predicted molar refractivity (Wildman–Crippen MR) is 240 cm³/mol. The Morgan fingerprint density at radius 2 is 1.15 bits per heavy atom. The molecule has 4 aromatic carbocycles. The van der Waals surface area contributed by atoms with Crippen molar-refractivity contribution in [3.05, 3.63) is 142 Å². The summed E-state index contributed by atoms with van der Waals surface area (Å²) in [6.07, 6.45) is 5.66. The maximum absolute atomic E-state index is 6.76. The van der Waals surface area contributed by atoms with E-state index in [0.717, 1.165) is 48.8 Å². The molecule has 4 aromatic heterocycles. The molecule has 9 rings (SSSR count). The van der Waals surface area contributed by atoms with Crippen molar-refractivity contribution >= 4 is 32.8 Å². The van der Waals surface area contributed by atoms with Crippen molar-refractivity contribution in [2.75, 3.05) is 0 Å². The molecular formula is C52H55N5OPt. The van der Waals surface area contributed by atoms with E-state index in [9.17, 15) is 0 Å². The average Bonchev–Trinajstić information content (AvgIpc) is 3.70. The summed E-state index contributed by atoms with van der Waals surface area (Å²) in [6.45, 7) is 28.0. The van der Waals surface area contributed by atoms with Crippen molar-refractivity contribution in [2.24, 2.45) is 5.41 Å². The number of para-hydroxylation sites is 2. The van der Waals surface area contributed by atoms with E-state index in [1.54, 1.807) is 6.20 Å². The molecule has 0 bridgehead atoms. The third-order valence-corrected chi connectivity index (χ3v) is 15.1. The first-order valence-corrected chi connectivity index (χ1v) is 21.9. The predicted octanol–water partition coefficient (Wildman–Crippen LogP) is 13.4. The number of ether oxygens (including phenoxy) is 1. The van der Waals surface area contributed by atoms with Gasteiger partial charge in [0.1, 0.15) is 0 Å². The first-order valence-electron chi connectivity index (χ1n) is 20.7. The van der Waals surface area contributed by atoms with E-state index in [0.29, 0.717) is 5.75 Å². The van der Waals surface area contributed by atoms with Gasteiger partial charge in [-0.25, -0.2) is 0 Å². The fraction of sp³-hybridized carbons (Fsp3) is 0.327. The quantitative estimate of drug-likeness (QED) is 0.173. The van der Waals surface area contributed by atoms with Gasteiger partial charge in [-0.2, -0.15) is 0 Å². The molecule has 4 heterocycles. The van der Waals surface area contributed by atoms with Gasteiger partial charge in [0, 0.05) is 6.20 Å². The van der Waals surface area contributed by atoms with Gasteiger partial charge < -0.3 is 0 Å². The van der Waals surface area contributed by atoms with Crippen LogP contribution in [-0.4, -0.2) is 23.7 Å². The van der Waals surface area contributed by atoms with Crippen molar-refractivity contribution in [1.29, 1.82) is 0 Å². The Morgan fingerprint density at radius 1 is 0.542 bits per heavy atom. The topological polar surface area (TPSA) is 49.8 Å². The van der Waals surface area contributed by atoms with Crippen LogP contribution in [0.2, 0.25) is 0 Å². The van der Waals surface area contributed by atoms with Crippen LogP contribution in [0.4, 0.5) is 0 Å². The van der Waals surface area contributed by atoms with E-state index in [-0.39, 0.29) is 27.1 Å². The molecule has 0 aliphatic heterocycles. The Bertz CT molecular complexity index is 3030. The number of nitrogens with zero attached hydrogens (tertiary/aromatic N) is 5. The molecule has 0 amide bonds. The van der Waals surface area contributed by atoms with Crippen LogP contribution in [0, 0.1) is 9.22 Å². The van der Waals surface area contributed by atoms with Crippen LogP contribution in [0.15, 0.2) is 116 Å². The summed E-state index contributed by atoms with van der Waals surface area (Å²) < 4.78 is 14.7. The van der Waals surface area contributed by atoms with Crippen LogP contribution < -0.4 is 4.74 Å². The molecule has 8 aromatic rings. The number of hydrogen-bond acceptors (Lipinski definition) is 3. The van der Waals surface area contributed by atoms with E-state index in [4.69, 9.17) is 14.7 Å². The Labute approximate surface area is 359 Å². The molecule has 0 radical (unpaired) electrons. The van der Waals surface area contributed by atoms with Crippen LogP contribution in [0.1, 0.15) is 105 Å². The molecule has 0 unspecified atom stereocenters. The molecular weight excluding hydrogens is 906 g/mol. The molecule has 6 nitrogen and oxygen atoms in total. The van der Waals surface area contributed by atoms with Crippen molar-refractivity contribution in [3.8, 4) is 28.7 Å². The van der Waals surface area contributed by atoms with Gasteiger partial charge in [-0.05, 0) is 44.4 Å². The zero-order valence-corrected chi connectivity index (χ0v) is 38.7. The van der Waals surface area contributed by atoms with E-state index < -0.39 is 0 Å². The van der Waals surface area contributed by atoms with Gasteiger partial charge in [0.25, 0.3) is 0 Å². The second kappa shape index (κ2) is 13.2. The van der Waals surface area contributed by atoms with Crippen molar-refractivity contribution in [1.82, 2.24) is 23.7 Å². The van der Waals surface area contributed by atoms with Gasteiger partial charge in [0.2, 0.25) is 0 Å². The minimum atomic E-state index is -0.0344. The second-order valence-electron chi connectivity index (χ2n) is 20.1. The SMILES string of the molecule is CC(C)(C)c1ccc(-n2[c](=[Pt])n(-c3cncc(Oc4ccc5c6cc7c(cc6n(-c6cc(C(C)(C)C)ccn6)c5c4)C(C)(C)C(C)(C)C7(C)C)c3)c3ccccc32)cc1. The number of pyridine rings is 2. The number of imidazole rings is 1. The zero-order chi connectivity index (χ0) is 42.0. The molecule has 0 N–H and O–H groups in total. The van der Waals surface area contributed by atoms with Crippen molar-refractivity contribution in [3.63, 3.8) is 0 Å². The Morgan fingerprint density at radius 3 is 1.80 bits per heavy atom. The Balaban J connectivity index is 1.17. The molecule has 304 valence electrons. The number of fused-ring (bicyclic) bond motifs is 5. The first-order chi connectivity index (χ1) is 27.7. The van der Waals surface area contributed by atoms with Crippen LogP contribution in [0.5, 0.6) is 11.5 Å². The van der Waals surface area contributed by atoms with Crippen LogP contribution in [0.3, 0.4) is 0 Å². The monoisotopic (exact) mass is 960 g/mol. The molecule has 59 heavy (non-hydrogen) atoms. The van der Waals surface area contributed by atoms with E-state index in [1.807, 2.05) is 12.4 Å². The van der Waals surface area contributed by atoms with Crippen molar-refractivity contribution in [2.45, 2.75) is 105 Å². The molecule has 0 saturated heterocycles. The van der Waals surface area contributed by atoms with E-state index in [1.165, 1.54) is 33.0 Å². The van der Waals surface area contributed by atoms with E-state index in [2.05, 4.69) is 213 Å². The molecule has 1 aliphatic rings. The normalized spacial score (nSPS) is 16.0. The second-order valence-corrected chi connectivity index (χ2v) is 21.2. The third-order valence-electron chi connectivity index (χ3n) is 14.1. The molecule has 7 heteroatoms. The van der Waals surface area contributed by atoms with Gasteiger partial charge in [-0.1, -0.05) is 62.3 Å². The summed E-state index contributed by atoms with van der Waals surface area (Å²) in [6, 6.07) is 35.3. The summed E-state index contributed by atoms with van der Waals surface area (Å²) in [4.78, 5) is 9.74. The van der Waals surface area contributed by atoms with Gasteiger partial charge in [0.15, 0.2) is 0 Å². The number of hydrogen-bond donors (Lipinski definition) is 0. The van der Waals surface area contributed by atoms with Gasteiger partial charge >= 0.3 is 248 Å². The van der Waals surface area contributed by atoms with Gasteiger partial charge in [0.05, 0.1) is 0 Å². The average molecular weight is 961 g/mol. The molecule has 0 fully saturated rings. The summed E-state index contributed by atoms with van der Waals surface area (Å²) in [7, 11) is 0. The summed E-state index contributed by atoms with van der Waals surface area (Å²) in [5, 5.41) is 2.41. The van der Waals surface area contributed by atoms with Crippen molar-refractivity contribution < 1.29 is 24.1 Å². The Kier molecular flexibility index (Phi) is 8.83. The molecule has 1 aliphatic carbocycles. The zero-order valence-electron chi connectivity index (χ0n) is 36.4. The standard InChI is InChI=1S/C52H55N5O.Pt/c1-48(2,3)33-17-19-35(20-18-33)55-32-56(44-16-14-13-15-43(44)55)36-26-38(31-53-30-36)58-37-21-22-39-40-28-41-42(51(9,10)52(11,12)50(41,7)8)29-46(40)57(45(39)27-37)47-25-34(23-24-54-47)49(4,5)6;/h13-31H,1-12H3;. The third kappa shape index (κ3) is 6.03. The summed E-state index contributed by atoms with van der Waals surface area (Å²) in [5.41, 5.74) is 11.9. The number of benzene rings is 4. The number of rotatable bonds is 5. The fourth-order valence-corrected chi connectivity index (χ4v) is 10.4. The maximum atomic E-state index is 6.76. The van der Waals surface area contributed by atoms with Gasteiger partial charge in [-0.15, -0.1) is 0 Å². The van der Waals surface area contributed by atoms with Gasteiger partial charge in [-0.3, -0.25) is 0 Å². The minimum absolute atomic E-state index is 0.0149. The molecule has 0 saturated carbocycles.